The van der Waals surface area contributed by atoms with Crippen LogP contribution in [0.5, 0.6) is 5.75 Å². The van der Waals surface area contributed by atoms with E-state index in [2.05, 4.69) is 43.1 Å². The minimum atomic E-state index is -2.76. The van der Waals surface area contributed by atoms with Crippen molar-refractivity contribution < 1.29 is 13.5 Å². The molecule has 5 rings (SSSR count). The standard InChI is InChI=1S/C25H27F2N8O/c1-15-9-19(12-33(15)13-28-4)35-16(2)23(31-32-35)18-10-21-24(34(14-30-21)25(26)27)22(11-18)36-17(3)20-7-5-6-8-29-20/h5-8,10-11,14-15,17,19,25H,9,12H2,1-4H3/q+1/t15-,17+,19-/m0/s1. The first kappa shape index (κ1) is 23.7. The first-order chi connectivity index (χ1) is 17.4. The second-order valence-electron chi connectivity index (χ2n) is 8.97. The molecule has 186 valence electrons. The molecule has 11 heteroatoms. The fourth-order valence-corrected chi connectivity index (χ4v) is 4.78. The maximum absolute atomic E-state index is 13.8. The number of aromatic nitrogens is 6. The lowest BCUT2D eigenvalue weighted by molar-refractivity contribution is 0.0737. The van der Waals surface area contributed by atoms with Crippen LogP contribution in [0.3, 0.4) is 0 Å². The summed E-state index contributed by atoms with van der Waals surface area (Å²) in [5.74, 6) is 0.279. The average molecular weight is 494 g/mol. The molecule has 1 aliphatic heterocycles. The van der Waals surface area contributed by atoms with E-state index in [0.717, 1.165) is 29.6 Å². The zero-order valence-corrected chi connectivity index (χ0v) is 20.5. The van der Waals surface area contributed by atoms with Crippen molar-refractivity contribution in [3.63, 3.8) is 0 Å². The third kappa shape index (κ3) is 4.23. The fraction of sp³-hybridized carbons (Fsp3) is 0.400. The van der Waals surface area contributed by atoms with Gasteiger partial charge in [0, 0.05) is 18.2 Å². The zero-order chi connectivity index (χ0) is 25.4. The van der Waals surface area contributed by atoms with Gasteiger partial charge in [-0.1, -0.05) is 11.3 Å². The van der Waals surface area contributed by atoms with E-state index in [0.29, 0.717) is 22.5 Å². The molecule has 0 unspecified atom stereocenters. The first-order valence-electron chi connectivity index (χ1n) is 11.8. The smallest absolute Gasteiger partial charge is 0.370 e. The van der Waals surface area contributed by atoms with Gasteiger partial charge in [-0.15, -0.1) is 5.10 Å². The third-order valence-electron chi connectivity index (χ3n) is 6.58. The number of hydrogen-bond acceptors (Lipinski definition) is 6. The number of alkyl halides is 2. The topological polar surface area (TPSA) is 78.2 Å². The van der Waals surface area contributed by atoms with E-state index < -0.39 is 12.7 Å². The second kappa shape index (κ2) is 9.53. The largest absolute Gasteiger partial charge is 0.482 e. The van der Waals surface area contributed by atoms with Crippen molar-refractivity contribution in [1.29, 1.82) is 0 Å². The number of likely N-dealkylation sites (tertiary alicyclic amines) is 1. The molecule has 36 heavy (non-hydrogen) atoms. The van der Waals surface area contributed by atoms with Crippen molar-refractivity contribution in [3.8, 4) is 23.2 Å². The molecule has 0 amide bonds. The lowest BCUT2D eigenvalue weighted by atomic mass is 10.1. The van der Waals surface area contributed by atoms with Gasteiger partial charge in [0.2, 0.25) is 0 Å². The summed E-state index contributed by atoms with van der Waals surface area (Å²) in [7, 11) is 1.71. The highest BCUT2D eigenvalue weighted by Gasteiger charge is 2.36. The molecule has 0 saturated carbocycles. The SMILES string of the molecule is C[N+]#CN1C[C@@H](n2nnc(-c3cc(O[C@H](C)c4ccccn4)c4c(c3)ncn4C(F)F)c2C)C[C@@H]1C. The number of imidazole rings is 1. The number of rotatable bonds is 6. The van der Waals surface area contributed by atoms with Gasteiger partial charge in [0.15, 0.2) is 7.05 Å². The van der Waals surface area contributed by atoms with Crippen molar-refractivity contribution in [2.24, 2.45) is 0 Å². The number of ether oxygens (including phenoxy) is 1. The molecule has 9 nitrogen and oxygen atoms in total. The molecule has 1 aliphatic rings. The van der Waals surface area contributed by atoms with Crippen LogP contribution in [0, 0.1) is 13.1 Å². The van der Waals surface area contributed by atoms with Crippen LogP contribution in [0.15, 0.2) is 42.9 Å². The van der Waals surface area contributed by atoms with E-state index in [1.807, 2.05) is 36.7 Å². The molecular weight excluding hydrogens is 466 g/mol. The number of benzene rings is 1. The Bertz CT molecular complexity index is 1440. The van der Waals surface area contributed by atoms with Crippen molar-refractivity contribution >= 4 is 11.0 Å². The molecule has 0 radical (unpaired) electrons. The number of hydrogen-bond donors (Lipinski definition) is 0. The van der Waals surface area contributed by atoms with Gasteiger partial charge in [0.05, 0.1) is 22.9 Å². The fourth-order valence-electron chi connectivity index (χ4n) is 4.78. The third-order valence-corrected chi connectivity index (χ3v) is 6.58. The van der Waals surface area contributed by atoms with Gasteiger partial charge in [-0.05, 0) is 45.0 Å². The van der Waals surface area contributed by atoms with Crippen LogP contribution >= 0.6 is 0 Å². The van der Waals surface area contributed by atoms with Gasteiger partial charge in [-0.2, -0.15) is 8.78 Å². The Kier molecular flexibility index (Phi) is 6.26. The lowest BCUT2D eigenvalue weighted by Gasteiger charge is -2.17. The minimum Gasteiger partial charge on any atom is -0.482 e. The van der Waals surface area contributed by atoms with Crippen molar-refractivity contribution in [3.05, 3.63) is 59.1 Å². The van der Waals surface area contributed by atoms with E-state index in [9.17, 15) is 8.78 Å². The zero-order valence-electron chi connectivity index (χ0n) is 20.5. The molecule has 4 aromatic rings. The predicted molar refractivity (Wildman–Crippen MR) is 131 cm³/mol. The van der Waals surface area contributed by atoms with Crippen molar-refractivity contribution in [2.45, 2.75) is 51.9 Å². The Morgan fingerprint density at radius 3 is 2.78 bits per heavy atom. The van der Waals surface area contributed by atoms with Gasteiger partial charge in [-0.25, -0.2) is 19.4 Å². The second-order valence-corrected chi connectivity index (χ2v) is 8.97. The van der Waals surface area contributed by atoms with Crippen LogP contribution in [0.4, 0.5) is 8.78 Å². The summed E-state index contributed by atoms with van der Waals surface area (Å²) < 4.78 is 36.4. The Morgan fingerprint density at radius 2 is 2.06 bits per heavy atom. The summed E-state index contributed by atoms with van der Waals surface area (Å²) in [6, 6.07) is 9.38. The molecule has 1 aromatic carbocycles. The van der Waals surface area contributed by atoms with E-state index in [-0.39, 0.29) is 23.3 Å². The van der Waals surface area contributed by atoms with Gasteiger partial charge in [0.25, 0.3) is 0 Å². The molecule has 0 N–H and O–H groups in total. The molecule has 3 aromatic heterocycles. The molecular formula is C25H27F2N8O+. The number of nitrogens with zero attached hydrogens (tertiary/aromatic N) is 8. The van der Waals surface area contributed by atoms with Gasteiger partial charge in [0.1, 0.15) is 42.0 Å². The van der Waals surface area contributed by atoms with Crippen LogP contribution in [-0.4, -0.2) is 54.1 Å². The van der Waals surface area contributed by atoms with Gasteiger partial charge < -0.3 is 4.74 Å². The minimum absolute atomic E-state index is 0.122. The molecule has 4 heterocycles. The summed E-state index contributed by atoms with van der Waals surface area (Å²) in [5, 5.41) is 8.89. The highest BCUT2D eigenvalue weighted by atomic mass is 19.3. The monoisotopic (exact) mass is 493 g/mol. The first-order valence-corrected chi connectivity index (χ1v) is 11.8. The van der Waals surface area contributed by atoms with Gasteiger partial charge in [-0.3, -0.25) is 9.55 Å². The Hall–Kier alpha value is -4.07. The summed E-state index contributed by atoms with van der Waals surface area (Å²) in [5.41, 5.74) is 3.51. The summed E-state index contributed by atoms with van der Waals surface area (Å²) >= 11 is 0. The van der Waals surface area contributed by atoms with E-state index in [4.69, 9.17) is 4.74 Å². The number of pyridine rings is 1. The summed E-state index contributed by atoms with van der Waals surface area (Å²) in [6.45, 7) is 3.89. The Morgan fingerprint density at radius 1 is 1.22 bits per heavy atom. The van der Waals surface area contributed by atoms with Crippen LogP contribution in [0.1, 0.15) is 50.4 Å². The lowest BCUT2D eigenvalue weighted by Crippen LogP contribution is -2.21. The molecule has 0 bridgehead atoms. The quantitative estimate of drug-likeness (QED) is 0.348. The normalized spacial score (nSPS) is 18.5. The van der Waals surface area contributed by atoms with Crippen LogP contribution < -0.4 is 4.74 Å². The number of fused-ring (bicyclic) bond motifs is 1. The number of halogens is 2. The molecule has 3 atom stereocenters. The van der Waals surface area contributed by atoms with Crippen molar-refractivity contribution in [2.75, 3.05) is 13.6 Å². The van der Waals surface area contributed by atoms with Gasteiger partial charge >= 0.3 is 12.7 Å². The Labute approximate surface area is 207 Å². The van der Waals surface area contributed by atoms with E-state index in [1.165, 1.54) is 0 Å². The molecule has 0 spiro atoms. The molecule has 0 aliphatic carbocycles. The highest BCUT2D eigenvalue weighted by Crippen LogP contribution is 2.37. The van der Waals surface area contributed by atoms with Crippen LogP contribution in [-0.2, 0) is 0 Å². The van der Waals surface area contributed by atoms with Crippen molar-refractivity contribution in [1.82, 2.24) is 34.4 Å². The maximum Gasteiger partial charge on any atom is 0.370 e. The Balaban J connectivity index is 1.54. The van der Waals surface area contributed by atoms with Crippen LogP contribution in [0.2, 0.25) is 0 Å². The highest BCUT2D eigenvalue weighted by molar-refractivity contribution is 5.87. The van der Waals surface area contributed by atoms with E-state index in [1.54, 1.807) is 25.4 Å². The predicted octanol–water partition coefficient (Wildman–Crippen LogP) is 5.09. The average Bonchev–Trinajstić information content (AvgIpc) is 3.56. The molecule has 1 saturated heterocycles. The maximum atomic E-state index is 13.8. The summed E-state index contributed by atoms with van der Waals surface area (Å²) in [6.07, 6.45) is 6.24. The van der Waals surface area contributed by atoms with E-state index >= 15 is 0 Å². The van der Waals surface area contributed by atoms with Crippen LogP contribution in [0.25, 0.3) is 27.1 Å². The molecule has 1 fully saturated rings. The summed E-state index contributed by atoms with van der Waals surface area (Å²) in [4.78, 5) is 14.6.